The van der Waals surface area contributed by atoms with Crippen LogP contribution in [0.25, 0.3) is 0 Å². The quantitative estimate of drug-likeness (QED) is 0.819. The van der Waals surface area contributed by atoms with Gasteiger partial charge in [0.2, 0.25) is 0 Å². The lowest BCUT2D eigenvalue weighted by Crippen LogP contribution is -2.31. The van der Waals surface area contributed by atoms with E-state index in [1.165, 1.54) is 11.1 Å². The molecule has 0 radical (unpaired) electrons. The van der Waals surface area contributed by atoms with Gasteiger partial charge in [0.25, 0.3) is 0 Å². The summed E-state index contributed by atoms with van der Waals surface area (Å²) in [7, 11) is 2.01. The number of pyridine rings is 1. The zero-order valence-corrected chi connectivity index (χ0v) is 10.5. The van der Waals surface area contributed by atoms with Crippen molar-refractivity contribution < 1.29 is 0 Å². The highest BCUT2D eigenvalue weighted by Crippen LogP contribution is 2.29. The number of aromatic nitrogens is 1. The molecule has 2 heteroatoms. The molecule has 0 aliphatic heterocycles. The third-order valence-corrected chi connectivity index (χ3v) is 3.08. The van der Waals surface area contributed by atoms with Crippen LogP contribution in [0, 0.1) is 6.92 Å². The SMILES string of the molecule is CNC(C)CC(C)(C)c1cnccc1C. The molecule has 0 bridgehead atoms. The van der Waals surface area contributed by atoms with Crippen molar-refractivity contribution >= 4 is 0 Å². The van der Waals surface area contributed by atoms with Crippen molar-refractivity contribution in [1.29, 1.82) is 0 Å². The van der Waals surface area contributed by atoms with E-state index >= 15 is 0 Å². The minimum atomic E-state index is 0.181. The molecule has 1 unspecified atom stereocenters. The zero-order valence-electron chi connectivity index (χ0n) is 10.5. The van der Waals surface area contributed by atoms with Gasteiger partial charge in [0.1, 0.15) is 0 Å². The second-order valence-corrected chi connectivity index (χ2v) is 4.97. The van der Waals surface area contributed by atoms with Crippen molar-refractivity contribution in [3.63, 3.8) is 0 Å². The molecule has 1 N–H and O–H groups in total. The van der Waals surface area contributed by atoms with Crippen LogP contribution in [-0.4, -0.2) is 18.1 Å². The molecule has 1 aromatic rings. The van der Waals surface area contributed by atoms with E-state index in [2.05, 4.69) is 44.1 Å². The summed E-state index contributed by atoms with van der Waals surface area (Å²) in [6.45, 7) is 8.94. The first-order valence-electron chi connectivity index (χ1n) is 5.55. The molecule has 1 rings (SSSR count). The topological polar surface area (TPSA) is 24.9 Å². The molecule has 0 aliphatic carbocycles. The molecule has 84 valence electrons. The van der Waals surface area contributed by atoms with E-state index in [0.29, 0.717) is 6.04 Å². The van der Waals surface area contributed by atoms with E-state index in [4.69, 9.17) is 0 Å². The fraction of sp³-hybridized carbons (Fsp3) is 0.615. The van der Waals surface area contributed by atoms with E-state index in [1.807, 2.05) is 19.4 Å². The number of hydrogen-bond donors (Lipinski definition) is 1. The molecule has 0 amide bonds. The van der Waals surface area contributed by atoms with E-state index in [0.717, 1.165) is 6.42 Å². The number of nitrogens with zero attached hydrogens (tertiary/aromatic N) is 1. The Morgan fingerprint density at radius 3 is 2.67 bits per heavy atom. The number of rotatable bonds is 4. The van der Waals surface area contributed by atoms with Gasteiger partial charge in [-0.15, -0.1) is 0 Å². The highest BCUT2D eigenvalue weighted by atomic mass is 14.9. The standard InChI is InChI=1S/C13H22N2/c1-10-6-7-15-9-12(10)13(3,4)8-11(2)14-5/h6-7,9,11,14H,8H2,1-5H3. The Morgan fingerprint density at radius 2 is 2.13 bits per heavy atom. The monoisotopic (exact) mass is 206 g/mol. The van der Waals surface area contributed by atoms with Gasteiger partial charge in [-0.25, -0.2) is 0 Å². The molecule has 1 atom stereocenters. The van der Waals surface area contributed by atoms with Crippen molar-refractivity contribution in [1.82, 2.24) is 10.3 Å². The minimum Gasteiger partial charge on any atom is -0.317 e. The first-order valence-corrected chi connectivity index (χ1v) is 5.55. The summed E-state index contributed by atoms with van der Waals surface area (Å²) in [6.07, 6.45) is 4.98. The van der Waals surface area contributed by atoms with Gasteiger partial charge in [-0.05, 0) is 49.9 Å². The number of nitrogens with one attached hydrogen (secondary N) is 1. The number of hydrogen-bond acceptors (Lipinski definition) is 2. The van der Waals surface area contributed by atoms with Crippen molar-refractivity contribution in [2.75, 3.05) is 7.05 Å². The first kappa shape index (κ1) is 12.2. The summed E-state index contributed by atoms with van der Waals surface area (Å²) in [5.74, 6) is 0. The van der Waals surface area contributed by atoms with Gasteiger partial charge in [-0.3, -0.25) is 4.98 Å². The maximum Gasteiger partial charge on any atom is 0.0307 e. The molecule has 2 nitrogen and oxygen atoms in total. The third-order valence-electron chi connectivity index (χ3n) is 3.08. The summed E-state index contributed by atoms with van der Waals surface area (Å²) < 4.78 is 0. The highest BCUT2D eigenvalue weighted by Gasteiger charge is 2.24. The van der Waals surface area contributed by atoms with Crippen molar-refractivity contribution in [3.05, 3.63) is 29.6 Å². The van der Waals surface area contributed by atoms with Crippen molar-refractivity contribution in [2.24, 2.45) is 0 Å². The average Bonchev–Trinajstić information content (AvgIpc) is 2.17. The van der Waals surface area contributed by atoms with Crippen LogP contribution in [0.5, 0.6) is 0 Å². The smallest absolute Gasteiger partial charge is 0.0307 e. The van der Waals surface area contributed by atoms with Crippen molar-refractivity contribution in [2.45, 2.75) is 45.6 Å². The lowest BCUT2D eigenvalue weighted by atomic mass is 9.78. The molecular formula is C13H22N2. The van der Waals surface area contributed by atoms with Crippen LogP contribution >= 0.6 is 0 Å². The summed E-state index contributed by atoms with van der Waals surface area (Å²) in [4.78, 5) is 4.22. The Hall–Kier alpha value is -0.890. The van der Waals surface area contributed by atoms with Crippen LogP contribution in [0.3, 0.4) is 0 Å². The third kappa shape index (κ3) is 3.03. The second-order valence-electron chi connectivity index (χ2n) is 4.97. The van der Waals surface area contributed by atoms with Crippen LogP contribution in [0.1, 0.15) is 38.3 Å². The first-order chi connectivity index (χ1) is 6.97. The van der Waals surface area contributed by atoms with Crippen LogP contribution in [0.2, 0.25) is 0 Å². The molecule has 0 saturated carbocycles. The minimum absolute atomic E-state index is 0.181. The predicted molar refractivity (Wildman–Crippen MR) is 65.1 cm³/mol. The Labute approximate surface area is 93.1 Å². The molecule has 0 aromatic carbocycles. The van der Waals surface area contributed by atoms with E-state index in [1.54, 1.807) is 0 Å². The zero-order chi connectivity index (χ0) is 11.5. The Bertz CT molecular complexity index is 318. The molecule has 1 aromatic heterocycles. The van der Waals surface area contributed by atoms with Gasteiger partial charge >= 0.3 is 0 Å². The van der Waals surface area contributed by atoms with E-state index in [9.17, 15) is 0 Å². The van der Waals surface area contributed by atoms with Crippen LogP contribution in [-0.2, 0) is 5.41 Å². The predicted octanol–water partition coefficient (Wildman–Crippen LogP) is 2.67. The van der Waals surface area contributed by atoms with E-state index < -0.39 is 0 Å². The van der Waals surface area contributed by atoms with Gasteiger partial charge in [0.15, 0.2) is 0 Å². The highest BCUT2D eigenvalue weighted by molar-refractivity contribution is 5.29. The van der Waals surface area contributed by atoms with Gasteiger partial charge in [0, 0.05) is 18.4 Å². The normalized spacial score (nSPS) is 13.9. The summed E-state index contributed by atoms with van der Waals surface area (Å²) in [5.41, 5.74) is 2.87. The molecule has 0 saturated heterocycles. The van der Waals surface area contributed by atoms with Crippen LogP contribution in [0.15, 0.2) is 18.5 Å². The fourth-order valence-corrected chi connectivity index (χ4v) is 2.15. The second kappa shape index (κ2) is 4.75. The van der Waals surface area contributed by atoms with Crippen LogP contribution in [0.4, 0.5) is 0 Å². The lowest BCUT2D eigenvalue weighted by molar-refractivity contribution is 0.403. The average molecular weight is 206 g/mol. The Morgan fingerprint density at radius 1 is 1.47 bits per heavy atom. The molecule has 1 heterocycles. The maximum atomic E-state index is 4.22. The number of aryl methyl sites for hydroxylation is 1. The molecule has 15 heavy (non-hydrogen) atoms. The van der Waals surface area contributed by atoms with Gasteiger partial charge in [0.05, 0.1) is 0 Å². The Kier molecular flexibility index (Phi) is 3.86. The largest absolute Gasteiger partial charge is 0.317 e. The van der Waals surface area contributed by atoms with Gasteiger partial charge in [-0.2, -0.15) is 0 Å². The summed E-state index contributed by atoms with van der Waals surface area (Å²) in [6, 6.07) is 2.61. The Balaban J connectivity index is 2.90. The summed E-state index contributed by atoms with van der Waals surface area (Å²) in [5, 5.41) is 3.29. The molecular weight excluding hydrogens is 184 g/mol. The summed E-state index contributed by atoms with van der Waals surface area (Å²) >= 11 is 0. The van der Waals surface area contributed by atoms with Crippen molar-refractivity contribution in [3.8, 4) is 0 Å². The van der Waals surface area contributed by atoms with Gasteiger partial charge < -0.3 is 5.32 Å². The molecule has 0 aliphatic rings. The fourth-order valence-electron chi connectivity index (χ4n) is 2.15. The van der Waals surface area contributed by atoms with E-state index in [-0.39, 0.29) is 5.41 Å². The van der Waals surface area contributed by atoms with Crippen LogP contribution < -0.4 is 5.32 Å². The molecule has 0 spiro atoms. The van der Waals surface area contributed by atoms with Gasteiger partial charge in [-0.1, -0.05) is 13.8 Å². The maximum absolute atomic E-state index is 4.22. The lowest BCUT2D eigenvalue weighted by Gasteiger charge is -2.29. The molecule has 0 fully saturated rings.